The van der Waals surface area contributed by atoms with Crippen molar-refractivity contribution in [3.8, 4) is 0 Å². The maximum atomic E-state index is 13.9. The quantitative estimate of drug-likeness (QED) is 0.103. The van der Waals surface area contributed by atoms with Gasteiger partial charge in [-0.15, -0.1) is 0 Å². The molecule has 9 N–H and O–H groups in total. The first-order chi connectivity index (χ1) is 21.6. The normalized spacial score (nSPS) is 13.6. The molecule has 4 amide bonds. The van der Waals surface area contributed by atoms with Crippen LogP contribution in [0, 0.1) is 0 Å². The molecule has 0 saturated carbocycles. The number of hydrogen-bond donors (Lipinski definition) is 7. The molecule has 1 aromatic heterocycles. The number of aliphatic carboxylic acids is 1. The number of aromatic amines is 1. The van der Waals surface area contributed by atoms with Gasteiger partial charge in [0.05, 0.1) is 12.5 Å². The Morgan fingerprint density at radius 3 is 1.78 bits per heavy atom. The number of carboxylic acids is 1. The molecule has 4 rings (SSSR count). The van der Waals surface area contributed by atoms with Gasteiger partial charge in [0.25, 0.3) is 0 Å². The van der Waals surface area contributed by atoms with Crippen molar-refractivity contribution in [2.45, 2.75) is 49.9 Å². The largest absolute Gasteiger partial charge is 0.480 e. The second-order valence-electron chi connectivity index (χ2n) is 10.7. The highest BCUT2D eigenvalue weighted by Crippen LogP contribution is 2.19. The molecule has 45 heavy (non-hydrogen) atoms. The van der Waals surface area contributed by atoms with Gasteiger partial charge in [0.2, 0.25) is 23.6 Å². The predicted octanol–water partition coefficient (Wildman–Crippen LogP) is 0.938. The zero-order valence-electron chi connectivity index (χ0n) is 24.4. The molecular formula is C33H36N6O6. The van der Waals surface area contributed by atoms with Crippen LogP contribution in [0.1, 0.15) is 23.1 Å². The summed E-state index contributed by atoms with van der Waals surface area (Å²) in [6, 6.07) is 20.6. The number of nitrogens with one attached hydrogen (secondary N) is 4. The number of para-hydroxylation sites is 1. The highest BCUT2D eigenvalue weighted by atomic mass is 16.4. The van der Waals surface area contributed by atoms with Crippen molar-refractivity contribution in [1.29, 1.82) is 0 Å². The van der Waals surface area contributed by atoms with Gasteiger partial charge in [-0.05, 0) is 29.2 Å². The van der Waals surface area contributed by atoms with Gasteiger partial charge in [-0.25, -0.2) is 4.79 Å². The molecule has 1 heterocycles. The Bertz CT molecular complexity index is 1640. The number of carbonyl (C=O) groups excluding carboxylic acids is 4. The Kier molecular flexibility index (Phi) is 11.0. The summed E-state index contributed by atoms with van der Waals surface area (Å²) in [7, 11) is 0. The van der Waals surface area contributed by atoms with Gasteiger partial charge in [0.1, 0.15) is 18.1 Å². The third kappa shape index (κ3) is 9.25. The number of fused-ring (bicyclic) bond motifs is 1. The summed E-state index contributed by atoms with van der Waals surface area (Å²) >= 11 is 0. The van der Waals surface area contributed by atoms with Gasteiger partial charge in [-0.3, -0.25) is 19.2 Å². The third-order valence-corrected chi connectivity index (χ3v) is 7.30. The van der Waals surface area contributed by atoms with Crippen LogP contribution in [0.3, 0.4) is 0 Å². The highest BCUT2D eigenvalue weighted by Gasteiger charge is 2.31. The van der Waals surface area contributed by atoms with Crippen LogP contribution in [0.2, 0.25) is 0 Å². The van der Waals surface area contributed by atoms with Gasteiger partial charge in [-0.2, -0.15) is 0 Å². The molecular weight excluding hydrogens is 576 g/mol. The molecule has 0 aliphatic carbocycles. The van der Waals surface area contributed by atoms with Gasteiger partial charge in [0.15, 0.2) is 0 Å². The minimum atomic E-state index is -1.59. The molecule has 0 bridgehead atoms. The fraction of sp³-hybridized carbons (Fsp3) is 0.242. The molecule has 4 atom stereocenters. The lowest BCUT2D eigenvalue weighted by Crippen LogP contribution is -2.58. The number of carbonyl (C=O) groups is 5. The Balaban J connectivity index is 1.59. The number of amides is 4. The van der Waals surface area contributed by atoms with E-state index >= 15 is 0 Å². The molecule has 0 aliphatic heterocycles. The minimum absolute atomic E-state index is 0.00258. The van der Waals surface area contributed by atoms with Crippen LogP contribution in [0.15, 0.2) is 91.1 Å². The number of H-pyrrole nitrogens is 1. The maximum absolute atomic E-state index is 13.9. The van der Waals surface area contributed by atoms with Crippen molar-refractivity contribution >= 4 is 40.5 Å². The number of nitrogens with two attached hydrogens (primary N) is 2. The minimum Gasteiger partial charge on any atom is -0.480 e. The zero-order valence-corrected chi connectivity index (χ0v) is 24.4. The van der Waals surface area contributed by atoms with Crippen LogP contribution in [-0.4, -0.2) is 63.9 Å². The number of benzene rings is 3. The third-order valence-electron chi connectivity index (χ3n) is 7.30. The SMILES string of the molecule is NC(=O)CC(NC(=O)C(Cc1ccccc1)NC(=O)C(Cc1c[nH]c2ccccc12)NC(=O)C(N)Cc1ccccc1)C(=O)O. The number of primary amides is 1. The summed E-state index contributed by atoms with van der Waals surface area (Å²) in [6.45, 7) is 0. The molecule has 12 heteroatoms. The topological polar surface area (TPSA) is 209 Å². The molecule has 12 nitrogen and oxygen atoms in total. The second-order valence-corrected chi connectivity index (χ2v) is 10.7. The van der Waals surface area contributed by atoms with E-state index in [2.05, 4.69) is 20.9 Å². The van der Waals surface area contributed by atoms with Crippen LogP contribution in [0.5, 0.6) is 0 Å². The first-order valence-corrected chi connectivity index (χ1v) is 14.4. The van der Waals surface area contributed by atoms with Crippen molar-refractivity contribution < 1.29 is 29.1 Å². The van der Waals surface area contributed by atoms with Crippen LogP contribution < -0.4 is 27.4 Å². The van der Waals surface area contributed by atoms with E-state index in [1.807, 2.05) is 54.6 Å². The van der Waals surface area contributed by atoms with Crippen molar-refractivity contribution in [3.63, 3.8) is 0 Å². The van der Waals surface area contributed by atoms with E-state index in [1.54, 1.807) is 36.5 Å². The maximum Gasteiger partial charge on any atom is 0.326 e. The molecule has 0 aliphatic rings. The molecule has 4 unspecified atom stereocenters. The summed E-state index contributed by atoms with van der Waals surface area (Å²) < 4.78 is 0. The predicted molar refractivity (Wildman–Crippen MR) is 168 cm³/mol. The fourth-order valence-corrected chi connectivity index (χ4v) is 4.97. The molecule has 0 fully saturated rings. The van der Waals surface area contributed by atoms with Crippen molar-refractivity contribution in [1.82, 2.24) is 20.9 Å². The number of aromatic nitrogens is 1. The van der Waals surface area contributed by atoms with Gasteiger partial charge >= 0.3 is 5.97 Å². The van der Waals surface area contributed by atoms with Crippen molar-refractivity contribution in [2.24, 2.45) is 11.5 Å². The first-order valence-electron chi connectivity index (χ1n) is 14.4. The van der Waals surface area contributed by atoms with E-state index in [1.165, 1.54) is 0 Å². The molecule has 0 spiro atoms. The molecule has 234 valence electrons. The summed E-state index contributed by atoms with van der Waals surface area (Å²) in [5.41, 5.74) is 14.5. The Hall–Kier alpha value is -5.49. The molecule has 3 aromatic carbocycles. The Morgan fingerprint density at radius 1 is 0.667 bits per heavy atom. The van der Waals surface area contributed by atoms with Crippen molar-refractivity contribution in [3.05, 3.63) is 108 Å². The smallest absolute Gasteiger partial charge is 0.326 e. The molecule has 0 saturated heterocycles. The summed E-state index contributed by atoms with van der Waals surface area (Å²) in [6.07, 6.45) is 1.42. The lowest BCUT2D eigenvalue weighted by atomic mass is 10.0. The summed E-state index contributed by atoms with van der Waals surface area (Å²) in [5, 5.41) is 18.1. The van der Waals surface area contributed by atoms with E-state index in [0.717, 1.165) is 22.0 Å². The summed E-state index contributed by atoms with van der Waals surface area (Å²) in [4.78, 5) is 66.8. The van der Waals surface area contributed by atoms with Crippen LogP contribution in [0.4, 0.5) is 0 Å². The lowest BCUT2D eigenvalue weighted by molar-refractivity contribution is -0.143. The Labute approximate surface area is 259 Å². The van der Waals surface area contributed by atoms with Crippen LogP contribution in [0.25, 0.3) is 10.9 Å². The summed E-state index contributed by atoms with van der Waals surface area (Å²) in [5.74, 6) is -4.45. The van der Waals surface area contributed by atoms with Crippen LogP contribution >= 0.6 is 0 Å². The van der Waals surface area contributed by atoms with Crippen LogP contribution in [-0.2, 0) is 43.2 Å². The zero-order chi connectivity index (χ0) is 32.3. The van der Waals surface area contributed by atoms with Gasteiger partial charge < -0.3 is 37.5 Å². The lowest BCUT2D eigenvalue weighted by Gasteiger charge is -2.25. The number of hydrogen-bond acceptors (Lipinski definition) is 6. The van der Waals surface area contributed by atoms with Gasteiger partial charge in [-0.1, -0.05) is 78.9 Å². The number of rotatable bonds is 15. The highest BCUT2D eigenvalue weighted by molar-refractivity contribution is 5.95. The average molecular weight is 613 g/mol. The molecule has 4 aromatic rings. The van der Waals surface area contributed by atoms with E-state index in [-0.39, 0.29) is 19.3 Å². The standard InChI is InChI=1S/C33H36N6O6/c34-24(15-20-9-3-1-4-10-20)30(41)37-27(17-22-19-36-25-14-8-7-13-23(22)25)32(43)38-26(16-21-11-5-2-6-12-21)31(42)39-28(33(44)45)18-29(35)40/h1-14,19,24,26-28,36H,15-18,34H2,(H2,35,40)(H,37,41)(H,38,43)(H,39,42)(H,44,45). The number of carboxylic acid groups (broad SMARTS) is 1. The van der Waals surface area contributed by atoms with Gasteiger partial charge in [0, 0.05) is 29.9 Å². The Morgan fingerprint density at radius 2 is 1.18 bits per heavy atom. The first kappa shape index (κ1) is 32.4. The fourth-order valence-electron chi connectivity index (χ4n) is 4.97. The van der Waals surface area contributed by atoms with E-state index in [9.17, 15) is 29.1 Å². The van der Waals surface area contributed by atoms with E-state index < -0.39 is 60.2 Å². The molecule has 0 radical (unpaired) electrons. The van der Waals surface area contributed by atoms with E-state index in [4.69, 9.17) is 11.5 Å². The monoisotopic (exact) mass is 612 g/mol. The average Bonchev–Trinajstić information content (AvgIpc) is 3.43. The second kappa shape index (κ2) is 15.3. The van der Waals surface area contributed by atoms with E-state index in [0.29, 0.717) is 5.56 Å². The van der Waals surface area contributed by atoms with Crippen molar-refractivity contribution in [2.75, 3.05) is 0 Å².